The van der Waals surface area contributed by atoms with Gasteiger partial charge in [0, 0.05) is 35.1 Å². The summed E-state index contributed by atoms with van der Waals surface area (Å²) in [5.41, 5.74) is 10.1. The van der Waals surface area contributed by atoms with Crippen LogP contribution in [-0.2, 0) is 16.1 Å². The first-order chi connectivity index (χ1) is 12.2. The van der Waals surface area contributed by atoms with E-state index in [9.17, 15) is 8.94 Å². The minimum Gasteiger partial charge on any atom is -0.598 e. The molecule has 7 nitrogen and oxygen atoms in total. The van der Waals surface area contributed by atoms with Crippen LogP contribution in [0.5, 0.6) is 0 Å². The highest BCUT2D eigenvalue weighted by atomic mass is 32.2. The van der Waals surface area contributed by atoms with Crippen LogP contribution in [0.2, 0.25) is 0 Å². The highest BCUT2D eigenvalue weighted by Gasteiger charge is 2.30. The number of halogens is 1. The molecule has 1 N–H and O–H groups in total. The van der Waals surface area contributed by atoms with Crippen LogP contribution in [0.15, 0.2) is 23.3 Å². The van der Waals surface area contributed by atoms with Gasteiger partial charge in [-0.05, 0) is 57.0 Å². The smallest absolute Gasteiger partial charge is 0.136 e. The molecule has 1 aromatic rings. The summed E-state index contributed by atoms with van der Waals surface area (Å²) < 4.78 is 34.6. The quantitative estimate of drug-likeness (QED) is 0.352. The van der Waals surface area contributed by atoms with E-state index in [0.717, 1.165) is 11.3 Å². The lowest BCUT2D eigenvalue weighted by molar-refractivity contribution is 0.0465. The molecule has 144 valence electrons. The Morgan fingerprint density at radius 2 is 2.27 bits per heavy atom. The topological polar surface area (TPSA) is 96.3 Å². The van der Waals surface area contributed by atoms with Crippen molar-refractivity contribution < 1.29 is 13.7 Å². The van der Waals surface area contributed by atoms with Crippen molar-refractivity contribution in [3.8, 4) is 0 Å². The fourth-order valence-electron chi connectivity index (χ4n) is 2.74. The number of rotatable bonds is 6. The molecule has 0 bridgehead atoms. The summed E-state index contributed by atoms with van der Waals surface area (Å²) in [6.45, 7) is 9.49. The standard InChI is InChI=1S/C17H26FN5O2S/c1-12(21-26(24)17(2,3)4)15-9-13(18)5-6-16(15)23-7-8-25-14(11-23)10-20-22-19/h5-6,9,12,14,21H,7-8,10-11H2,1-4H3/t12-,14+,26-/m1/s1. The summed E-state index contributed by atoms with van der Waals surface area (Å²) in [4.78, 5) is 4.86. The van der Waals surface area contributed by atoms with Crippen molar-refractivity contribution in [3.63, 3.8) is 0 Å². The molecule has 0 amide bonds. The number of ether oxygens (including phenoxy) is 1. The van der Waals surface area contributed by atoms with Gasteiger partial charge in [-0.3, -0.25) is 0 Å². The van der Waals surface area contributed by atoms with Gasteiger partial charge in [-0.15, -0.1) is 4.72 Å². The third-order valence-corrected chi connectivity index (χ3v) is 5.80. The molecule has 1 heterocycles. The lowest BCUT2D eigenvalue weighted by Gasteiger charge is -2.36. The van der Waals surface area contributed by atoms with Crippen LogP contribution >= 0.6 is 0 Å². The van der Waals surface area contributed by atoms with Gasteiger partial charge in [0.25, 0.3) is 0 Å². The number of benzene rings is 1. The van der Waals surface area contributed by atoms with Crippen LogP contribution in [0.3, 0.4) is 0 Å². The van der Waals surface area contributed by atoms with E-state index in [1.54, 1.807) is 6.07 Å². The van der Waals surface area contributed by atoms with Gasteiger partial charge in [0.2, 0.25) is 0 Å². The molecule has 1 fully saturated rings. The maximum Gasteiger partial charge on any atom is 0.136 e. The average molecular weight is 383 g/mol. The van der Waals surface area contributed by atoms with Gasteiger partial charge >= 0.3 is 0 Å². The molecule has 9 heteroatoms. The van der Waals surface area contributed by atoms with E-state index < -0.39 is 16.1 Å². The molecule has 0 saturated carbocycles. The van der Waals surface area contributed by atoms with E-state index in [1.807, 2.05) is 27.7 Å². The molecule has 0 aromatic heterocycles. The van der Waals surface area contributed by atoms with E-state index >= 15 is 0 Å². The van der Waals surface area contributed by atoms with Crippen LogP contribution in [0.25, 0.3) is 10.4 Å². The van der Waals surface area contributed by atoms with Gasteiger partial charge in [-0.1, -0.05) is 5.11 Å². The molecule has 0 unspecified atom stereocenters. The van der Waals surface area contributed by atoms with E-state index in [2.05, 4.69) is 19.6 Å². The van der Waals surface area contributed by atoms with Crippen molar-refractivity contribution in [2.45, 2.75) is 44.6 Å². The first-order valence-electron chi connectivity index (χ1n) is 8.57. The zero-order valence-corrected chi connectivity index (χ0v) is 16.4. The van der Waals surface area contributed by atoms with Crippen LogP contribution in [-0.4, -0.2) is 41.6 Å². The average Bonchev–Trinajstić information content (AvgIpc) is 2.59. The number of nitrogens with zero attached hydrogens (tertiary/aromatic N) is 4. The van der Waals surface area contributed by atoms with Crippen molar-refractivity contribution in [1.29, 1.82) is 0 Å². The number of hydrogen-bond donors (Lipinski definition) is 1. The van der Waals surface area contributed by atoms with E-state index in [0.29, 0.717) is 19.7 Å². The monoisotopic (exact) mass is 383 g/mol. The summed E-state index contributed by atoms with van der Waals surface area (Å²) >= 11 is -1.27. The van der Waals surface area contributed by atoms with Crippen molar-refractivity contribution in [2.24, 2.45) is 5.11 Å². The van der Waals surface area contributed by atoms with Gasteiger partial charge in [0.05, 0.1) is 25.3 Å². The molecule has 2 rings (SSSR count). The predicted molar refractivity (Wildman–Crippen MR) is 102 cm³/mol. The predicted octanol–water partition coefficient (Wildman–Crippen LogP) is 3.45. The molecule has 0 aliphatic carbocycles. The first kappa shape index (κ1) is 20.8. The Labute approximate surface area is 156 Å². The number of nitrogens with one attached hydrogen (secondary N) is 1. The summed E-state index contributed by atoms with van der Waals surface area (Å²) in [7, 11) is 0. The second-order valence-electron chi connectivity index (χ2n) is 7.28. The fraction of sp³-hybridized carbons (Fsp3) is 0.647. The second-order valence-corrected chi connectivity index (χ2v) is 9.27. The molecular formula is C17H26FN5O2S. The Morgan fingerprint density at radius 3 is 2.92 bits per heavy atom. The lowest BCUT2D eigenvalue weighted by atomic mass is 10.0. The van der Waals surface area contributed by atoms with Gasteiger partial charge in [-0.2, -0.15) is 0 Å². The molecule has 0 spiro atoms. The molecule has 1 aromatic carbocycles. The SMILES string of the molecule is C[C@@H](N[S@+]([O-])C(C)(C)C)c1cc(F)ccc1N1CCO[C@@H](CN=[N+]=[N-])C1. The van der Waals surface area contributed by atoms with E-state index in [1.165, 1.54) is 12.1 Å². The fourth-order valence-corrected chi connectivity index (χ4v) is 3.54. The minimum atomic E-state index is -1.27. The maximum absolute atomic E-state index is 13.9. The van der Waals surface area contributed by atoms with Gasteiger partial charge < -0.3 is 14.2 Å². The minimum absolute atomic E-state index is 0.204. The third kappa shape index (κ3) is 5.49. The molecule has 1 aliphatic heterocycles. The molecular weight excluding hydrogens is 357 g/mol. The lowest BCUT2D eigenvalue weighted by Crippen LogP contribution is -2.45. The Morgan fingerprint density at radius 1 is 1.54 bits per heavy atom. The van der Waals surface area contributed by atoms with Crippen LogP contribution in [0.4, 0.5) is 10.1 Å². The van der Waals surface area contributed by atoms with Crippen molar-refractivity contribution in [3.05, 3.63) is 40.0 Å². The summed E-state index contributed by atoms with van der Waals surface area (Å²) in [6.07, 6.45) is -0.204. The highest BCUT2D eigenvalue weighted by Crippen LogP contribution is 2.30. The Kier molecular flexibility index (Phi) is 7.14. The van der Waals surface area contributed by atoms with Gasteiger partial charge in [0.15, 0.2) is 0 Å². The van der Waals surface area contributed by atoms with Crippen LogP contribution in [0, 0.1) is 5.82 Å². The van der Waals surface area contributed by atoms with Crippen molar-refractivity contribution in [1.82, 2.24) is 4.72 Å². The Balaban J connectivity index is 2.22. The van der Waals surface area contributed by atoms with E-state index in [-0.39, 0.29) is 24.5 Å². The first-order valence-corrected chi connectivity index (χ1v) is 9.72. The number of azide groups is 1. The van der Waals surface area contributed by atoms with Gasteiger partial charge in [-0.25, -0.2) is 4.39 Å². The summed E-state index contributed by atoms with van der Waals surface area (Å²) in [5.74, 6) is -0.335. The maximum atomic E-state index is 13.9. The van der Waals surface area contributed by atoms with Gasteiger partial charge in [0.1, 0.15) is 10.6 Å². The number of morpholine rings is 1. The molecule has 1 aliphatic rings. The summed E-state index contributed by atoms with van der Waals surface area (Å²) in [6, 6.07) is 4.34. The highest BCUT2D eigenvalue weighted by molar-refractivity contribution is 7.90. The molecule has 26 heavy (non-hydrogen) atoms. The van der Waals surface area contributed by atoms with Crippen LogP contribution in [0.1, 0.15) is 39.3 Å². The molecule has 0 radical (unpaired) electrons. The summed E-state index contributed by atoms with van der Waals surface area (Å²) in [5, 5.41) is 3.58. The van der Waals surface area contributed by atoms with Crippen molar-refractivity contribution in [2.75, 3.05) is 31.1 Å². The zero-order chi connectivity index (χ0) is 19.3. The third-order valence-electron chi connectivity index (χ3n) is 4.12. The largest absolute Gasteiger partial charge is 0.598 e. The van der Waals surface area contributed by atoms with Crippen molar-refractivity contribution >= 4 is 17.0 Å². The van der Waals surface area contributed by atoms with Crippen LogP contribution < -0.4 is 9.62 Å². The number of anilines is 1. The zero-order valence-electron chi connectivity index (χ0n) is 15.6. The van der Waals surface area contributed by atoms with E-state index in [4.69, 9.17) is 10.3 Å². The normalized spacial score (nSPS) is 20.4. The number of hydrogen-bond acceptors (Lipinski definition) is 5. The Bertz CT molecular complexity index is 663. The Hall–Kier alpha value is -1.51. The molecule has 3 atom stereocenters. The molecule has 1 saturated heterocycles. The second kappa shape index (κ2) is 8.92.